The second-order valence-electron chi connectivity index (χ2n) is 10.6. The lowest BCUT2D eigenvalue weighted by Crippen LogP contribution is -2.38. The first-order chi connectivity index (χ1) is 20.6. The molecule has 1 amide bonds. The average molecular weight is 629 g/mol. The minimum Gasteiger partial charge on any atom is -0.495 e. The van der Waals surface area contributed by atoms with Crippen molar-refractivity contribution in [2.24, 2.45) is 5.92 Å². The highest BCUT2D eigenvalue weighted by atomic mass is 35.5. The van der Waals surface area contributed by atoms with Gasteiger partial charge in [0.25, 0.3) is 11.5 Å². The first-order valence-electron chi connectivity index (χ1n) is 14.0. The van der Waals surface area contributed by atoms with Gasteiger partial charge < -0.3 is 25.0 Å². The van der Waals surface area contributed by atoms with Crippen molar-refractivity contribution in [1.29, 1.82) is 5.26 Å². The fourth-order valence-electron chi connectivity index (χ4n) is 5.15. The molecule has 43 heavy (non-hydrogen) atoms. The SMILES string of the molecule is CNc1ncc2cc(-c3c(Cl)c(OC)cc(OC)c3Cl)c(=O)n(CCCN3CCC(NC(=O)/C(C#N)=C/C(C)C)C3)c2n1. The van der Waals surface area contributed by atoms with Crippen molar-refractivity contribution in [1.82, 2.24) is 24.8 Å². The average Bonchev–Trinajstić information content (AvgIpc) is 3.44. The van der Waals surface area contributed by atoms with Crippen LogP contribution in [0.5, 0.6) is 11.5 Å². The van der Waals surface area contributed by atoms with Crippen molar-refractivity contribution >= 4 is 46.1 Å². The molecule has 0 spiro atoms. The maximum absolute atomic E-state index is 14.0. The van der Waals surface area contributed by atoms with E-state index in [-0.39, 0.29) is 44.6 Å². The first kappa shape index (κ1) is 32.1. The van der Waals surface area contributed by atoms with Crippen LogP contribution in [0.4, 0.5) is 5.95 Å². The number of aryl methyl sites for hydroxylation is 1. The predicted octanol–water partition coefficient (Wildman–Crippen LogP) is 4.51. The molecule has 1 aromatic carbocycles. The molecule has 3 heterocycles. The zero-order valence-electron chi connectivity index (χ0n) is 24.8. The number of amides is 1. The van der Waals surface area contributed by atoms with E-state index in [1.54, 1.807) is 36.0 Å². The Labute approximate surface area is 260 Å². The summed E-state index contributed by atoms with van der Waals surface area (Å²) in [5, 5.41) is 16.3. The van der Waals surface area contributed by atoms with Gasteiger partial charge in [0, 0.05) is 55.9 Å². The third kappa shape index (κ3) is 7.04. The Morgan fingerprint density at radius 1 is 1.21 bits per heavy atom. The van der Waals surface area contributed by atoms with Crippen molar-refractivity contribution in [2.75, 3.05) is 46.2 Å². The number of carbonyl (C=O) groups excluding carboxylic acids is 1. The molecular weight excluding hydrogens is 593 g/mol. The van der Waals surface area contributed by atoms with Crippen LogP contribution in [0.15, 0.2) is 34.8 Å². The number of rotatable bonds is 11. The van der Waals surface area contributed by atoms with Gasteiger partial charge in [-0.25, -0.2) is 4.98 Å². The molecule has 0 bridgehead atoms. The second kappa shape index (κ2) is 14.1. The van der Waals surface area contributed by atoms with Crippen molar-refractivity contribution in [3.63, 3.8) is 0 Å². The summed E-state index contributed by atoms with van der Waals surface area (Å²) in [5.41, 5.74) is 0.866. The second-order valence-corrected chi connectivity index (χ2v) is 11.3. The number of nitrogens with one attached hydrogen (secondary N) is 2. The molecule has 0 saturated carbocycles. The van der Waals surface area contributed by atoms with Gasteiger partial charge in [0.05, 0.1) is 29.8 Å². The quantitative estimate of drug-likeness (QED) is 0.232. The van der Waals surface area contributed by atoms with Crippen molar-refractivity contribution in [3.8, 4) is 28.7 Å². The number of benzene rings is 1. The summed E-state index contributed by atoms with van der Waals surface area (Å²) in [6.45, 7) is 6.35. The lowest BCUT2D eigenvalue weighted by atomic mass is 10.0. The Balaban J connectivity index is 1.60. The van der Waals surface area contributed by atoms with E-state index in [0.717, 1.165) is 13.0 Å². The standard InChI is InChI=1S/C30H35Cl2N7O4/c1-17(2)11-18(14-33)28(40)36-20-7-10-38(16-20)8-6-9-39-27-19(15-35-30(34-3)37-27)12-21(29(39)41)24-25(31)22(42-4)13-23(43-5)26(24)32/h11-13,15,17,20H,6-10,16H2,1-5H3,(H,36,40)(H,34,35,37)/b18-11+. The molecule has 4 rings (SSSR count). The third-order valence-corrected chi connectivity index (χ3v) is 7.97. The van der Waals surface area contributed by atoms with E-state index in [4.69, 9.17) is 32.7 Å². The molecule has 1 unspecified atom stereocenters. The van der Waals surface area contributed by atoms with E-state index in [9.17, 15) is 14.9 Å². The van der Waals surface area contributed by atoms with Crippen LogP contribution >= 0.6 is 23.2 Å². The number of allylic oxidation sites excluding steroid dienone is 1. The number of carbonyl (C=O) groups is 1. The molecule has 2 N–H and O–H groups in total. The predicted molar refractivity (Wildman–Crippen MR) is 168 cm³/mol. The highest BCUT2D eigenvalue weighted by molar-refractivity contribution is 6.41. The zero-order chi connectivity index (χ0) is 31.3. The molecule has 1 aliphatic rings. The van der Waals surface area contributed by atoms with Crippen LogP contribution in [0.2, 0.25) is 10.0 Å². The summed E-state index contributed by atoms with van der Waals surface area (Å²) in [7, 11) is 4.66. The third-order valence-electron chi connectivity index (χ3n) is 7.22. The van der Waals surface area contributed by atoms with E-state index in [1.807, 2.05) is 19.9 Å². The van der Waals surface area contributed by atoms with E-state index in [1.165, 1.54) is 14.2 Å². The van der Waals surface area contributed by atoms with Gasteiger partial charge in [-0.15, -0.1) is 0 Å². The smallest absolute Gasteiger partial charge is 0.261 e. The Kier molecular flexibility index (Phi) is 10.5. The van der Waals surface area contributed by atoms with Gasteiger partial charge in [-0.3, -0.25) is 14.2 Å². The topological polar surface area (TPSA) is 134 Å². The summed E-state index contributed by atoms with van der Waals surface area (Å²) >= 11 is 13.4. The summed E-state index contributed by atoms with van der Waals surface area (Å²) in [6, 6.07) is 5.19. The normalized spacial score (nSPS) is 15.5. The molecule has 0 radical (unpaired) electrons. The van der Waals surface area contributed by atoms with Crippen LogP contribution in [0.25, 0.3) is 22.2 Å². The molecule has 1 atom stereocenters. The number of anilines is 1. The molecule has 1 fully saturated rings. The summed E-state index contributed by atoms with van der Waals surface area (Å²) in [5.74, 6) is 0.787. The van der Waals surface area contributed by atoms with Crippen molar-refractivity contribution in [3.05, 3.63) is 50.4 Å². The van der Waals surface area contributed by atoms with E-state index in [2.05, 4.69) is 25.5 Å². The Morgan fingerprint density at radius 3 is 2.51 bits per heavy atom. The van der Waals surface area contributed by atoms with Crippen molar-refractivity contribution in [2.45, 2.75) is 39.3 Å². The summed E-state index contributed by atoms with van der Waals surface area (Å²) in [4.78, 5) is 37.7. The van der Waals surface area contributed by atoms with Crippen LogP contribution < -0.4 is 25.7 Å². The number of pyridine rings is 1. The Bertz CT molecular complexity index is 1620. The lowest BCUT2D eigenvalue weighted by Gasteiger charge is -2.19. The first-order valence-corrected chi connectivity index (χ1v) is 14.7. The van der Waals surface area contributed by atoms with Gasteiger partial charge in [-0.2, -0.15) is 10.2 Å². The molecule has 2 aromatic heterocycles. The van der Waals surface area contributed by atoms with E-state index in [0.29, 0.717) is 60.1 Å². The fraction of sp³-hybridized carbons (Fsp3) is 0.433. The van der Waals surface area contributed by atoms with Gasteiger partial charge in [0.15, 0.2) is 0 Å². The lowest BCUT2D eigenvalue weighted by molar-refractivity contribution is -0.117. The maximum Gasteiger partial charge on any atom is 0.261 e. The number of nitriles is 1. The van der Waals surface area contributed by atoms with E-state index < -0.39 is 0 Å². The minimum atomic E-state index is -0.343. The molecule has 0 aliphatic carbocycles. The highest BCUT2D eigenvalue weighted by Gasteiger charge is 2.26. The van der Waals surface area contributed by atoms with Crippen LogP contribution in [-0.2, 0) is 11.3 Å². The van der Waals surface area contributed by atoms with Gasteiger partial charge in [-0.1, -0.05) is 43.1 Å². The minimum absolute atomic E-state index is 0.0541. The number of hydrogen-bond donors (Lipinski definition) is 2. The number of aromatic nitrogens is 3. The summed E-state index contributed by atoms with van der Waals surface area (Å²) in [6.07, 6.45) is 4.72. The number of hydrogen-bond acceptors (Lipinski definition) is 9. The molecule has 1 saturated heterocycles. The number of ether oxygens (including phenoxy) is 2. The van der Waals surface area contributed by atoms with Crippen LogP contribution in [0, 0.1) is 17.2 Å². The molecule has 228 valence electrons. The number of nitrogens with zero attached hydrogens (tertiary/aromatic N) is 5. The zero-order valence-corrected chi connectivity index (χ0v) is 26.3. The number of fused-ring (bicyclic) bond motifs is 1. The van der Waals surface area contributed by atoms with E-state index >= 15 is 0 Å². The van der Waals surface area contributed by atoms with Crippen LogP contribution in [0.3, 0.4) is 0 Å². The molecule has 3 aromatic rings. The van der Waals surface area contributed by atoms with Gasteiger partial charge in [0.2, 0.25) is 5.95 Å². The molecule has 13 heteroatoms. The molecule has 11 nitrogen and oxygen atoms in total. The number of likely N-dealkylation sites (tertiary alicyclic amines) is 1. The molecular formula is C30H35Cl2N7O4. The van der Waals surface area contributed by atoms with Gasteiger partial charge in [-0.05, 0) is 31.4 Å². The number of halogens is 2. The number of methoxy groups -OCH3 is 2. The van der Waals surface area contributed by atoms with Crippen LogP contribution in [0.1, 0.15) is 26.7 Å². The fourth-order valence-corrected chi connectivity index (χ4v) is 5.86. The van der Waals surface area contributed by atoms with Crippen molar-refractivity contribution < 1.29 is 14.3 Å². The highest BCUT2D eigenvalue weighted by Crippen LogP contribution is 2.45. The Morgan fingerprint density at radius 2 is 1.91 bits per heavy atom. The van der Waals surface area contributed by atoms with Gasteiger partial charge >= 0.3 is 0 Å². The Hall–Kier alpha value is -3.85. The summed E-state index contributed by atoms with van der Waals surface area (Å²) < 4.78 is 12.4. The largest absolute Gasteiger partial charge is 0.495 e. The monoisotopic (exact) mass is 627 g/mol. The van der Waals surface area contributed by atoms with Crippen LogP contribution in [-0.4, -0.2) is 72.3 Å². The maximum atomic E-state index is 14.0. The van der Waals surface area contributed by atoms with Gasteiger partial charge in [0.1, 0.15) is 28.8 Å². The molecule has 1 aliphatic heterocycles.